The Morgan fingerprint density at radius 3 is 1.36 bits per heavy atom. The summed E-state index contributed by atoms with van der Waals surface area (Å²) in [7, 11) is -2.83. The zero-order valence-corrected chi connectivity index (χ0v) is 44.5. The lowest BCUT2D eigenvalue weighted by Crippen LogP contribution is -2.41. The highest BCUT2D eigenvalue weighted by Gasteiger charge is 2.51. The Morgan fingerprint density at radius 2 is 0.899 bits per heavy atom. The first kappa shape index (κ1) is 49.5. The van der Waals surface area contributed by atoms with E-state index < -0.39 is 16.1 Å². The van der Waals surface area contributed by atoms with Gasteiger partial charge in [-0.05, 0) is 126 Å². The molecule has 6 aromatic carbocycles. The molecular formula is C59H64BBrN4O2Si2. The zero-order chi connectivity index (χ0) is 48.0. The van der Waals surface area contributed by atoms with Gasteiger partial charge in [-0.25, -0.2) is 4.98 Å². The minimum Gasteiger partial charge on any atom is -0.399 e. The van der Waals surface area contributed by atoms with Crippen molar-refractivity contribution in [1.29, 1.82) is 0 Å². The van der Waals surface area contributed by atoms with Gasteiger partial charge in [-0.1, -0.05) is 150 Å². The van der Waals surface area contributed by atoms with Crippen LogP contribution in [0.15, 0.2) is 187 Å². The lowest BCUT2D eigenvalue weighted by atomic mass is 9.78. The average Bonchev–Trinajstić information content (AvgIpc) is 3.92. The van der Waals surface area contributed by atoms with Gasteiger partial charge < -0.3 is 18.4 Å². The molecule has 10 aromatic rings. The Morgan fingerprint density at radius 1 is 0.464 bits per heavy atom. The van der Waals surface area contributed by atoms with E-state index in [1.807, 2.05) is 18.3 Å². The molecule has 4 aromatic heterocycles. The predicted molar refractivity (Wildman–Crippen MR) is 305 cm³/mol. The monoisotopic (exact) mass is 1010 g/mol. The number of halogens is 1. The molecule has 0 saturated carbocycles. The smallest absolute Gasteiger partial charge is 0.399 e. The summed E-state index contributed by atoms with van der Waals surface area (Å²) < 4.78 is 18.1. The zero-order valence-electron chi connectivity index (χ0n) is 40.9. The van der Waals surface area contributed by atoms with Crippen LogP contribution in [0.1, 0.15) is 35.1 Å². The van der Waals surface area contributed by atoms with E-state index in [9.17, 15) is 0 Å². The van der Waals surface area contributed by atoms with Gasteiger partial charge in [0.15, 0.2) is 0 Å². The molecule has 1 aliphatic heterocycles. The van der Waals surface area contributed by atoms with Gasteiger partial charge in [-0.15, -0.1) is 0 Å². The number of para-hydroxylation sites is 4. The Bertz CT molecular complexity index is 3360. The second-order valence-corrected chi connectivity index (χ2v) is 31.7. The Kier molecular flexibility index (Phi) is 14.0. The standard InChI is InChI=1S/C26H24N2Si.C24H24BNO2.C8H12BrNSi.CH4/c1-29(2,3)21-14-15-24(27-18-21)19-13-16-26-23(17-19)22-11-7-8-12-25(22)28(26)20-9-5-4-6-10-20;1-23(2)24(3,4)28-25(27-23)17-14-15-22-20(16-17)19-12-8-9-13-21(19)26(22)18-10-6-5-7-11-18;1-11(2,3)7-4-5-8(9)10-6-7;/h4-18H,1-3H3;5-16H,1-4H3;4-6H,1-3H3;1H4. The molecule has 5 heterocycles. The van der Waals surface area contributed by atoms with E-state index in [1.165, 1.54) is 59.7 Å². The molecule has 0 bridgehead atoms. The molecule has 0 amide bonds. The molecule has 10 heteroatoms. The second-order valence-electron chi connectivity index (χ2n) is 20.8. The van der Waals surface area contributed by atoms with E-state index >= 15 is 0 Å². The largest absolute Gasteiger partial charge is 0.494 e. The normalized spacial score (nSPS) is 14.3. The van der Waals surface area contributed by atoms with Crippen LogP contribution in [0.3, 0.4) is 0 Å². The van der Waals surface area contributed by atoms with Crippen molar-refractivity contribution in [3.05, 3.63) is 187 Å². The van der Waals surface area contributed by atoms with Gasteiger partial charge in [-0.3, -0.25) is 4.98 Å². The van der Waals surface area contributed by atoms with E-state index in [0.717, 1.165) is 27.0 Å². The van der Waals surface area contributed by atoms with E-state index in [-0.39, 0.29) is 25.7 Å². The fourth-order valence-electron chi connectivity index (χ4n) is 8.79. The Hall–Kier alpha value is -5.88. The van der Waals surface area contributed by atoms with E-state index in [0.29, 0.717) is 0 Å². The molecular weight excluding hydrogens is 944 g/mol. The lowest BCUT2D eigenvalue weighted by molar-refractivity contribution is 0.00578. The topological polar surface area (TPSA) is 54.1 Å². The van der Waals surface area contributed by atoms with Crippen molar-refractivity contribution >= 4 is 98.6 Å². The van der Waals surface area contributed by atoms with Crippen LogP contribution in [0.4, 0.5) is 0 Å². The van der Waals surface area contributed by atoms with Crippen LogP contribution in [0.2, 0.25) is 39.3 Å². The summed E-state index contributed by atoms with van der Waals surface area (Å²) in [5.41, 5.74) is 9.76. The summed E-state index contributed by atoms with van der Waals surface area (Å²) in [5.74, 6) is 0. The molecule has 11 rings (SSSR count). The molecule has 0 aliphatic carbocycles. The van der Waals surface area contributed by atoms with Crippen molar-refractivity contribution in [3.8, 4) is 22.6 Å². The van der Waals surface area contributed by atoms with Crippen LogP contribution in [-0.4, -0.2) is 53.6 Å². The third-order valence-electron chi connectivity index (χ3n) is 13.4. The number of benzene rings is 6. The van der Waals surface area contributed by atoms with Crippen LogP contribution in [0.25, 0.3) is 66.2 Å². The van der Waals surface area contributed by atoms with Crippen LogP contribution in [-0.2, 0) is 9.31 Å². The first-order valence-electron chi connectivity index (χ1n) is 23.5. The fourth-order valence-corrected chi connectivity index (χ4v) is 11.1. The molecule has 1 saturated heterocycles. The number of hydrogen-bond acceptors (Lipinski definition) is 4. The number of fused-ring (bicyclic) bond motifs is 6. The molecule has 69 heavy (non-hydrogen) atoms. The molecule has 0 unspecified atom stereocenters. The number of hydrogen-bond donors (Lipinski definition) is 0. The van der Waals surface area contributed by atoms with Crippen molar-refractivity contribution in [2.75, 3.05) is 0 Å². The van der Waals surface area contributed by atoms with Crippen molar-refractivity contribution in [1.82, 2.24) is 19.1 Å². The van der Waals surface area contributed by atoms with Gasteiger partial charge in [0.2, 0.25) is 0 Å². The van der Waals surface area contributed by atoms with Gasteiger partial charge in [0.05, 0.1) is 55.1 Å². The summed E-state index contributed by atoms with van der Waals surface area (Å²) in [4.78, 5) is 8.99. The lowest BCUT2D eigenvalue weighted by Gasteiger charge is -2.32. The van der Waals surface area contributed by atoms with Crippen LogP contribution >= 0.6 is 15.9 Å². The highest BCUT2D eigenvalue weighted by atomic mass is 79.9. The molecule has 0 atom stereocenters. The maximum absolute atomic E-state index is 6.27. The molecule has 350 valence electrons. The fraction of sp³-hybridized carbons (Fsp3) is 0.220. The molecule has 6 nitrogen and oxygen atoms in total. The highest BCUT2D eigenvalue weighted by molar-refractivity contribution is 9.10. The number of aromatic nitrogens is 4. The van der Waals surface area contributed by atoms with Gasteiger partial charge >= 0.3 is 7.12 Å². The van der Waals surface area contributed by atoms with E-state index in [1.54, 1.807) is 0 Å². The molecule has 0 radical (unpaired) electrons. The summed E-state index contributed by atoms with van der Waals surface area (Å²) in [6.45, 7) is 22.4. The third-order valence-corrected chi connectivity index (χ3v) is 18.0. The predicted octanol–water partition coefficient (Wildman–Crippen LogP) is 14.5. The third kappa shape index (κ3) is 10.1. The minimum atomic E-state index is -1.34. The van der Waals surface area contributed by atoms with Gasteiger partial charge in [0.1, 0.15) is 4.60 Å². The molecule has 1 fully saturated rings. The summed E-state index contributed by atoms with van der Waals surface area (Å²) in [5, 5.41) is 7.78. The Labute approximate surface area is 419 Å². The van der Waals surface area contributed by atoms with Crippen molar-refractivity contribution in [2.24, 2.45) is 0 Å². The summed E-state index contributed by atoms with van der Waals surface area (Å²) in [6.07, 6.45) is 4.04. The van der Waals surface area contributed by atoms with Gasteiger partial charge in [0.25, 0.3) is 0 Å². The summed E-state index contributed by atoms with van der Waals surface area (Å²) in [6, 6.07) is 60.1. The highest BCUT2D eigenvalue weighted by Crippen LogP contribution is 2.38. The van der Waals surface area contributed by atoms with Crippen molar-refractivity contribution in [3.63, 3.8) is 0 Å². The first-order chi connectivity index (χ1) is 32.4. The number of rotatable bonds is 6. The number of pyridine rings is 2. The van der Waals surface area contributed by atoms with Crippen LogP contribution < -0.4 is 15.8 Å². The average molecular weight is 1010 g/mol. The van der Waals surface area contributed by atoms with Crippen molar-refractivity contribution in [2.45, 2.75) is 85.6 Å². The van der Waals surface area contributed by atoms with Gasteiger partial charge in [0, 0.05) is 50.9 Å². The van der Waals surface area contributed by atoms with Crippen molar-refractivity contribution < 1.29 is 9.31 Å². The molecule has 0 N–H and O–H groups in total. The summed E-state index contributed by atoms with van der Waals surface area (Å²) >= 11 is 3.32. The maximum Gasteiger partial charge on any atom is 0.494 e. The van der Waals surface area contributed by atoms with E-state index in [2.05, 4.69) is 261 Å². The second kappa shape index (κ2) is 19.5. The molecule has 0 spiro atoms. The van der Waals surface area contributed by atoms with Crippen LogP contribution in [0.5, 0.6) is 0 Å². The minimum absolute atomic E-state index is 0. The number of nitrogens with zero attached hydrogens (tertiary/aromatic N) is 4. The maximum atomic E-state index is 6.27. The van der Waals surface area contributed by atoms with E-state index in [4.69, 9.17) is 14.3 Å². The quantitative estimate of drug-likeness (QED) is 0.123. The van der Waals surface area contributed by atoms with Crippen LogP contribution in [0, 0.1) is 0 Å². The van der Waals surface area contributed by atoms with Gasteiger partial charge in [-0.2, -0.15) is 0 Å². The Balaban J connectivity index is 0.000000152. The molecule has 1 aliphatic rings. The SMILES string of the molecule is C.CC1(C)OB(c2ccc3c(c2)c2ccccc2n3-c2ccccc2)OC1(C)C.C[Si](C)(C)c1ccc(-c2ccc3c(c2)c2ccccc2n3-c2ccccc2)nc1.C[Si](C)(C)c1ccc(Br)nc1. The first-order valence-corrected chi connectivity index (χ1v) is 31.3.